The summed E-state index contributed by atoms with van der Waals surface area (Å²) in [4.78, 5) is 0. The highest BCUT2D eigenvalue weighted by molar-refractivity contribution is 9.10. The van der Waals surface area contributed by atoms with Crippen LogP contribution in [0.4, 0.5) is 5.69 Å². The molecule has 20 heavy (non-hydrogen) atoms. The molecule has 0 saturated heterocycles. The molecule has 114 valence electrons. The quantitative estimate of drug-likeness (QED) is 0.522. The molecule has 0 aliphatic carbocycles. The summed E-state index contributed by atoms with van der Waals surface area (Å²) in [6, 6.07) is 4.18. The Morgan fingerprint density at radius 2 is 1.95 bits per heavy atom. The number of hydrogen-bond acceptors (Lipinski definition) is 2. The highest BCUT2D eigenvalue weighted by atomic mass is 79.9. The number of unbranched alkanes of at least 4 members (excludes halogenated alkanes) is 4. The second-order valence-corrected chi connectivity index (χ2v) is 6.51. The van der Waals surface area contributed by atoms with E-state index < -0.39 is 0 Å². The topological polar surface area (TPSA) is 21.3 Å². The van der Waals surface area contributed by atoms with E-state index in [1.165, 1.54) is 32.1 Å². The zero-order chi connectivity index (χ0) is 15.0. The lowest BCUT2D eigenvalue weighted by Gasteiger charge is -2.18. The van der Waals surface area contributed by atoms with Crippen LogP contribution in [0.1, 0.15) is 52.4 Å². The van der Waals surface area contributed by atoms with Crippen molar-refractivity contribution >= 4 is 33.2 Å². The second-order valence-electron chi connectivity index (χ2n) is 5.22. The van der Waals surface area contributed by atoms with E-state index >= 15 is 0 Å². The molecule has 0 bridgehead atoms. The number of benzene rings is 1. The molecule has 0 aliphatic heterocycles. The minimum atomic E-state index is 0.413. The normalized spacial score (nSPS) is 12.2. The van der Waals surface area contributed by atoms with Crippen molar-refractivity contribution in [2.24, 2.45) is 0 Å². The van der Waals surface area contributed by atoms with Gasteiger partial charge in [-0.05, 0) is 41.4 Å². The maximum absolute atomic E-state index is 6.10. The van der Waals surface area contributed by atoms with E-state index in [2.05, 4.69) is 35.1 Å². The van der Waals surface area contributed by atoms with Gasteiger partial charge in [0.25, 0.3) is 0 Å². The molecule has 1 atom stereocenters. The van der Waals surface area contributed by atoms with Gasteiger partial charge in [0.15, 0.2) is 5.75 Å². The monoisotopic (exact) mass is 361 g/mol. The number of methoxy groups -OCH3 is 1. The highest BCUT2D eigenvalue weighted by Crippen LogP contribution is 2.36. The second kappa shape index (κ2) is 9.51. The predicted molar refractivity (Wildman–Crippen MR) is 92.2 cm³/mol. The molecule has 1 N–H and O–H groups in total. The predicted octanol–water partition coefficient (Wildman–Crippen LogP) is 6.27. The molecule has 0 aromatic heterocycles. The first kappa shape index (κ1) is 17.6. The van der Waals surface area contributed by atoms with Crippen molar-refractivity contribution in [1.82, 2.24) is 0 Å². The Kier molecular flexibility index (Phi) is 8.39. The van der Waals surface area contributed by atoms with Crippen molar-refractivity contribution in [3.63, 3.8) is 0 Å². The van der Waals surface area contributed by atoms with Gasteiger partial charge in [0, 0.05) is 11.1 Å². The molecule has 1 aromatic rings. The van der Waals surface area contributed by atoms with Crippen molar-refractivity contribution in [3.8, 4) is 5.75 Å². The Bertz CT molecular complexity index is 412. The first-order valence-corrected chi connectivity index (χ1v) is 8.55. The molecule has 1 unspecified atom stereocenters. The number of nitrogens with one attached hydrogen (secondary N) is 1. The van der Waals surface area contributed by atoms with Gasteiger partial charge in [0.2, 0.25) is 0 Å². The first-order chi connectivity index (χ1) is 9.58. The van der Waals surface area contributed by atoms with Crippen molar-refractivity contribution < 1.29 is 4.74 Å². The maximum atomic E-state index is 6.10. The van der Waals surface area contributed by atoms with Crippen LogP contribution >= 0.6 is 27.5 Å². The molecular weight excluding hydrogens is 338 g/mol. The van der Waals surface area contributed by atoms with E-state index in [1.54, 1.807) is 7.11 Å². The number of rotatable bonds is 9. The van der Waals surface area contributed by atoms with Crippen molar-refractivity contribution in [2.75, 3.05) is 12.4 Å². The van der Waals surface area contributed by atoms with Gasteiger partial charge in [-0.25, -0.2) is 0 Å². The van der Waals surface area contributed by atoms with Gasteiger partial charge in [0.05, 0.1) is 17.3 Å². The van der Waals surface area contributed by atoms with Gasteiger partial charge < -0.3 is 10.1 Å². The van der Waals surface area contributed by atoms with Gasteiger partial charge >= 0.3 is 0 Å². The van der Waals surface area contributed by atoms with Gasteiger partial charge in [-0.1, -0.05) is 50.6 Å². The molecule has 0 heterocycles. The highest BCUT2D eigenvalue weighted by Gasteiger charge is 2.11. The van der Waals surface area contributed by atoms with Gasteiger partial charge in [-0.2, -0.15) is 0 Å². The van der Waals surface area contributed by atoms with Crippen molar-refractivity contribution in [2.45, 2.75) is 58.4 Å². The number of ether oxygens (including phenoxy) is 1. The van der Waals surface area contributed by atoms with Crippen LogP contribution in [-0.4, -0.2) is 13.2 Å². The fourth-order valence-corrected chi connectivity index (χ4v) is 3.24. The Hall–Kier alpha value is -0.410. The zero-order valence-electron chi connectivity index (χ0n) is 12.6. The average Bonchev–Trinajstić information content (AvgIpc) is 2.38. The van der Waals surface area contributed by atoms with Crippen LogP contribution in [0.5, 0.6) is 5.75 Å². The molecule has 0 saturated carbocycles. The fraction of sp³-hybridized carbons (Fsp3) is 0.625. The molecule has 1 rings (SSSR count). The molecule has 0 fully saturated rings. The van der Waals surface area contributed by atoms with Crippen LogP contribution in [0.3, 0.4) is 0 Å². The Morgan fingerprint density at radius 3 is 2.60 bits per heavy atom. The minimum absolute atomic E-state index is 0.413. The lowest BCUT2D eigenvalue weighted by atomic mass is 10.1. The van der Waals surface area contributed by atoms with Crippen molar-refractivity contribution in [3.05, 3.63) is 21.6 Å². The van der Waals surface area contributed by atoms with Crippen LogP contribution in [-0.2, 0) is 0 Å². The van der Waals surface area contributed by atoms with Gasteiger partial charge in [0.1, 0.15) is 0 Å². The number of halogens is 2. The van der Waals surface area contributed by atoms with E-state index in [0.717, 1.165) is 22.3 Å². The zero-order valence-corrected chi connectivity index (χ0v) is 15.0. The summed E-state index contributed by atoms with van der Waals surface area (Å²) in [5, 5.41) is 4.20. The van der Waals surface area contributed by atoms with E-state index in [1.807, 2.05) is 12.1 Å². The lowest BCUT2D eigenvalue weighted by Crippen LogP contribution is -2.15. The Morgan fingerprint density at radius 1 is 1.25 bits per heavy atom. The summed E-state index contributed by atoms with van der Waals surface area (Å²) in [5.41, 5.74) is 0.952. The fourth-order valence-electron chi connectivity index (χ4n) is 2.27. The number of hydrogen-bond donors (Lipinski definition) is 1. The molecule has 0 radical (unpaired) electrons. The molecule has 0 spiro atoms. The van der Waals surface area contributed by atoms with Crippen LogP contribution in [0.15, 0.2) is 16.6 Å². The van der Waals surface area contributed by atoms with E-state index in [9.17, 15) is 0 Å². The molecule has 1 aromatic carbocycles. The Balaban J connectivity index is 2.51. The first-order valence-electron chi connectivity index (χ1n) is 7.38. The third-order valence-corrected chi connectivity index (χ3v) is 4.16. The van der Waals surface area contributed by atoms with E-state index in [-0.39, 0.29) is 0 Å². The molecular formula is C16H25BrClNO. The van der Waals surface area contributed by atoms with E-state index in [0.29, 0.717) is 11.1 Å². The standard InChI is InChI=1S/C16H25BrClNO/c1-4-5-6-7-8-9-12(2)19-15-11-13(18)10-14(17)16(15)20-3/h10-12,19H,4-9H2,1-3H3. The van der Waals surface area contributed by atoms with Crippen LogP contribution in [0, 0.1) is 0 Å². The summed E-state index contributed by atoms with van der Waals surface area (Å²) in [7, 11) is 1.68. The van der Waals surface area contributed by atoms with Crippen LogP contribution in [0.2, 0.25) is 5.02 Å². The largest absolute Gasteiger partial charge is 0.493 e. The molecule has 4 heteroatoms. The SMILES string of the molecule is CCCCCCCC(C)Nc1cc(Cl)cc(Br)c1OC. The molecule has 2 nitrogen and oxygen atoms in total. The van der Waals surface area contributed by atoms with Gasteiger partial charge in [-0.15, -0.1) is 0 Å². The summed E-state index contributed by atoms with van der Waals surface area (Å²) >= 11 is 9.58. The minimum Gasteiger partial charge on any atom is -0.493 e. The third kappa shape index (κ3) is 5.92. The maximum Gasteiger partial charge on any atom is 0.156 e. The summed E-state index contributed by atoms with van der Waals surface area (Å²) in [5.74, 6) is 0.812. The Labute approximate surface area is 136 Å². The average molecular weight is 363 g/mol. The lowest BCUT2D eigenvalue weighted by molar-refractivity contribution is 0.413. The summed E-state index contributed by atoms with van der Waals surface area (Å²) < 4.78 is 6.30. The smallest absolute Gasteiger partial charge is 0.156 e. The van der Waals surface area contributed by atoms with Crippen molar-refractivity contribution in [1.29, 1.82) is 0 Å². The molecule has 0 amide bonds. The van der Waals surface area contributed by atoms with E-state index in [4.69, 9.17) is 16.3 Å². The molecule has 0 aliphatic rings. The third-order valence-electron chi connectivity index (χ3n) is 3.36. The number of anilines is 1. The van der Waals surface area contributed by atoms with Gasteiger partial charge in [-0.3, -0.25) is 0 Å². The van der Waals surface area contributed by atoms with Crippen LogP contribution in [0.25, 0.3) is 0 Å². The van der Waals surface area contributed by atoms with Crippen LogP contribution < -0.4 is 10.1 Å². The summed E-state index contributed by atoms with van der Waals surface area (Å²) in [6.45, 7) is 4.45. The summed E-state index contributed by atoms with van der Waals surface area (Å²) in [6.07, 6.45) is 7.72.